The Morgan fingerprint density at radius 1 is 1.11 bits per heavy atom. The molecule has 1 aliphatic heterocycles. The average molecular weight is 380 g/mol. The number of carbonyl (C=O) groups is 1. The van der Waals surface area contributed by atoms with Gasteiger partial charge >= 0.3 is 0 Å². The monoisotopic (exact) mass is 379 g/mol. The molecule has 6 heteroatoms. The van der Waals surface area contributed by atoms with E-state index in [-0.39, 0.29) is 5.92 Å². The number of nitrogens with one attached hydrogen (secondary N) is 2. The van der Waals surface area contributed by atoms with Crippen molar-refractivity contribution in [2.24, 2.45) is 10.9 Å². The first-order valence-corrected chi connectivity index (χ1v) is 11.2. The van der Waals surface area contributed by atoms with Crippen LogP contribution in [0.5, 0.6) is 0 Å². The van der Waals surface area contributed by atoms with Crippen LogP contribution < -0.4 is 10.6 Å². The summed E-state index contributed by atoms with van der Waals surface area (Å²) in [6.07, 6.45) is 8.00. The molecule has 0 aromatic heterocycles. The van der Waals surface area contributed by atoms with E-state index < -0.39 is 0 Å². The van der Waals surface area contributed by atoms with Gasteiger partial charge in [-0.3, -0.25) is 9.79 Å². The Labute approximate surface area is 166 Å². The molecule has 6 nitrogen and oxygen atoms in total. The van der Waals surface area contributed by atoms with E-state index >= 15 is 0 Å². The van der Waals surface area contributed by atoms with Crippen LogP contribution in [0.15, 0.2) is 4.99 Å². The van der Waals surface area contributed by atoms with Gasteiger partial charge in [-0.2, -0.15) is 0 Å². The number of amides is 1. The molecule has 1 aliphatic carbocycles. The Bertz CT molecular complexity index is 457. The molecule has 1 heterocycles. The summed E-state index contributed by atoms with van der Waals surface area (Å²) < 4.78 is 0. The molecular weight excluding hydrogens is 338 g/mol. The normalized spacial score (nSPS) is 21.7. The van der Waals surface area contributed by atoms with E-state index in [1.54, 1.807) is 0 Å². The molecule has 2 aliphatic rings. The topological polar surface area (TPSA) is 60.0 Å². The van der Waals surface area contributed by atoms with Gasteiger partial charge in [-0.05, 0) is 52.2 Å². The summed E-state index contributed by atoms with van der Waals surface area (Å²) in [6, 6.07) is 0.318. The molecule has 0 aromatic rings. The van der Waals surface area contributed by atoms with Crippen molar-refractivity contribution < 1.29 is 4.79 Å². The Morgan fingerprint density at radius 2 is 1.85 bits per heavy atom. The summed E-state index contributed by atoms with van der Waals surface area (Å²) in [7, 11) is 0. The fourth-order valence-corrected chi connectivity index (χ4v) is 4.22. The first-order chi connectivity index (χ1) is 13.2. The standard InChI is InChI=1S/C21H41N5O/c1-4-22-21(23-14-10-15-25(5-2)6-3)24-19-13-16-26(17-19)20(27)18-11-8-7-9-12-18/h18-19H,4-17H2,1-3H3,(H2,22,23,24). The molecule has 1 amide bonds. The van der Waals surface area contributed by atoms with Crippen molar-refractivity contribution in [2.45, 2.75) is 71.8 Å². The van der Waals surface area contributed by atoms with Gasteiger partial charge in [-0.25, -0.2) is 0 Å². The Kier molecular flexibility index (Phi) is 9.95. The molecule has 0 radical (unpaired) electrons. The highest BCUT2D eigenvalue weighted by atomic mass is 16.2. The van der Waals surface area contributed by atoms with Crippen molar-refractivity contribution >= 4 is 11.9 Å². The lowest BCUT2D eigenvalue weighted by molar-refractivity contribution is -0.135. The Morgan fingerprint density at radius 3 is 2.52 bits per heavy atom. The van der Waals surface area contributed by atoms with Crippen molar-refractivity contribution in [3.63, 3.8) is 0 Å². The molecule has 2 fully saturated rings. The lowest BCUT2D eigenvalue weighted by Crippen LogP contribution is -2.45. The molecule has 2 N–H and O–H groups in total. The molecule has 1 atom stereocenters. The van der Waals surface area contributed by atoms with Crippen LogP contribution in [0.25, 0.3) is 0 Å². The first-order valence-electron chi connectivity index (χ1n) is 11.2. The zero-order valence-electron chi connectivity index (χ0n) is 17.8. The number of rotatable bonds is 9. The Hall–Kier alpha value is -1.30. The highest BCUT2D eigenvalue weighted by Gasteiger charge is 2.31. The predicted molar refractivity (Wildman–Crippen MR) is 113 cm³/mol. The van der Waals surface area contributed by atoms with E-state index in [9.17, 15) is 4.79 Å². The molecule has 0 bridgehead atoms. The lowest BCUT2D eigenvalue weighted by Gasteiger charge is -2.26. The van der Waals surface area contributed by atoms with Crippen LogP contribution in [-0.2, 0) is 4.79 Å². The zero-order chi connectivity index (χ0) is 19.5. The molecule has 156 valence electrons. The number of likely N-dealkylation sites (tertiary alicyclic amines) is 1. The molecule has 2 rings (SSSR count). The molecule has 1 saturated heterocycles. The van der Waals surface area contributed by atoms with Gasteiger partial charge in [-0.1, -0.05) is 33.1 Å². The van der Waals surface area contributed by atoms with Crippen LogP contribution in [0.2, 0.25) is 0 Å². The number of hydrogen-bond donors (Lipinski definition) is 2. The molecule has 1 saturated carbocycles. The quantitative estimate of drug-likeness (QED) is 0.367. The molecule has 0 aromatic carbocycles. The maximum absolute atomic E-state index is 12.7. The van der Waals surface area contributed by atoms with Crippen molar-refractivity contribution in [3.8, 4) is 0 Å². The van der Waals surface area contributed by atoms with E-state index in [2.05, 4.69) is 41.2 Å². The van der Waals surface area contributed by atoms with Gasteiger partial charge < -0.3 is 20.4 Å². The second kappa shape index (κ2) is 12.2. The average Bonchev–Trinajstić information content (AvgIpc) is 3.16. The van der Waals surface area contributed by atoms with Gasteiger partial charge in [-0.15, -0.1) is 0 Å². The van der Waals surface area contributed by atoms with Crippen LogP contribution in [0.3, 0.4) is 0 Å². The van der Waals surface area contributed by atoms with Crippen molar-refractivity contribution in [1.82, 2.24) is 20.4 Å². The molecule has 0 spiro atoms. The summed E-state index contributed by atoms with van der Waals surface area (Å²) >= 11 is 0. The molecular formula is C21H41N5O. The van der Waals surface area contributed by atoms with Crippen LogP contribution in [0.4, 0.5) is 0 Å². The van der Waals surface area contributed by atoms with Gasteiger partial charge in [0.2, 0.25) is 5.91 Å². The van der Waals surface area contributed by atoms with Crippen molar-refractivity contribution in [2.75, 3.05) is 45.8 Å². The lowest BCUT2D eigenvalue weighted by atomic mass is 9.88. The summed E-state index contributed by atoms with van der Waals surface area (Å²) in [5.74, 6) is 1.56. The third kappa shape index (κ3) is 7.32. The largest absolute Gasteiger partial charge is 0.357 e. The number of carbonyl (C=O) groups excluding carboxylic acids is 1. The smallest absolute Gasteiger partial charge is 0.225 e. The van der Waals surface area contributed by atoms with E-state index in [0.29, 0.717) is 11.9 Å². The van der Waals surface area contributed by atoms with Gasteiger partial charge in [0.1, 0.15) is 0 Å². The van der Waals surface area contributed by atoms with Crippen LogP contribution in [0.1, 0.15) is 65.7 Å². The van der Waals surface area contributed by atoms with Crippen LogP contribution >= 0.6 is 0 Å². The van der Waals surface area contributed by atoms with Crippen molar-refractivity contribution in [3.05, 3.63) is 0 Å². The summed E-state index contributed by atoms with van der Waals surface area (Å²) in [6.45, 7) is 13.2. The van der Waals surface area contributed by atoms with Crippen LogP contribution in [0, 0.1) is 5.92 Å². The minimum absolute atomic E-state index is 0.277. The van der Waals surface area contributed by atoms with E-state index in [4.69, 9.17) is 4.99 Å². The molecule has 27 heavy (non-hydrogen) atoms. The zero-order valence-corrected chi connectivity index (χ0v) is 17.8. The number of hydrogen-bond acceptors (Lipinski definition) is 3. The summed E-state index contributed by atoms with van der Waals surface area (Å²) in [4.78, 5) is 22.0. The van der Waals surface area contributed by atoms with Crippen molar-refractivity contribution in [1.29, 1.82) is 0 Å². The van der Waals surface area contributed by atoms with Crippen LogP contribution in [-0.4, -0.2) is 73.5 Å². The molecule has 1 unspecified atom stereocenters. The second-order valence-corrected chi connectivity index (χ2v) is 7.89. The number of aliphatic imine (C=N–C) groups is 1. The minimum Gasteiger partial charge on any atom is -0.357 e. The van der Waals surface area contributed by atoms with E-state index in [1.165, 1.54) is 19.3 Å². The highest BCUT2D eigenvalue weighted by molar-refractivity contribution is 5.81. The van der Waals surface area contributed by atoms with E-state index in [1.807, 2.05) is 0 Å². The maximum Gasteiger partial charge on any atom is 0.225 e. The van der Waals surface area contributed by atoms with Gasteiger partial charge in [0.05, 0.1) is 0 Å². The summed E-state index contributed by atoms with van der Waals surface area (Å²) in [5.41, 5.74) is 0. The summed E-state index contributed by atoms with van der Waals surface area (Å²) in [5, 5.41) is 6.91. The van der Waals surface area contributed by atoms with E-state index in [0.717, 1.165) is 77.5 Å². The minimum atomic E-state index is 0.277. The third-order valence-corrected chi connectivity index (χ3v) is 5.94. The fourth-order valence-electron chi connectivity index (χ4n) is 4.22. The first kappa shape index (κ1) is 22.0. The second-order valence-electron chi connectivity index (χ2n) is 7.89. The van der Waals surface area contributed by atoms with Gasteiger partial charge in [0.25, 0.3) is 0 Å². The number of nitrogens with zero attached hydrogens (tertiary/aromatic N) is 3. The fraction of sp³-hybridized carbons (Fsp3) is 0.905. The van der Waals surface area contributed by atoms with Gasteiger partial charge in [0, 0.05) is 38.1 Å². The maximum atomic E-state index is 12.7. The number of guanidine groups is 1. The third-order valence-electron chi connectivity index (χ3n) is 5.94. The highest BCUT2D eigenvalue weighted by Crippen LogP contribution is 2.26. The SMILES string of the molecule is CCNC(=NCCCN(CC)CC)NC1CCN(C(=O)C2CCCCC2)C1. The van der Waals surface area contributed by atoms with Gasteiger partial charge in [0.15, 0.2) is 5.96 Å². The Balaban J connectivity index is 1.76. The predicted octanol–water partition coefficient (Wildman–Crippen LogP) is 2.45.